The second kappa shape index (κ2) is 5.25. The van der Waals surface area contributed by atoms with Crippen molar-refractivity contribution < 1.29 is 29.3 Å². The Bertz CT molecular complexity index is 587. The molecule has 0 aliphatic carbocycles. The number of hydrogen-bond donors (Lipinski definition) is 2. The van der Waals surface area contributed by atoms with E-state index in [2.05, 4.69) is 0 Å². The number of carbonyl (C=O) groups is 2. The van der Waals surface area contributed by atoms with Gasteiger partial charge in [0.25, 0.3) is 5.91 Å². The topological polar surface area (TPSA) is 96.3 Å². The van der Waals surface area contributed by atoms with Crippen molar-refractivity contribution in [3.8, 4) is 11.5 Å². The molecule has 1 aromatic rings. The van der Waals surface area contributed by atoms with Crippen LogP contribution in [0, 0.1) is 0 Å². The highest BCUT2D eigenvalue weighted by molar-refractivity contribution is 6.00. The molecule has 1 aromatic carbocycles. The van der Waals surface area contributed by atoms with Gasteiger partial charge in [0.1, 0.15) is 19.3 Å². The summed E-state index contributed by atoms with van der Waals surface area (Å²) in [7, 11) is 0. The summed E-state index contributed by atoms with van der Waals surface area (Å²) in [5.41, 5.74) is 0.257. The quantitative estimate of drug-likeness (QED) is 0.804. The predicted molar refractivity (Wildman–Crippen MR) is 70.5 cm³/mol. The van der Waals surface area contributed by atoms with E-state index in [4.69, 9.17) is 9.47 Å². The van der Waals surface area contributed by atoms with Crippen molar-refractivity contribution in [1.82, 2.24) is 4.90 Å². The van der Waals surface area contributed by atoms with Crippen LogP contribution in [0.4, 0.5) is 0 Å². The molecule has 0 aromatic heterocycles. The highest BCUT2D eigenvalue weighted by Crippen LogP contribution is 2.35. The summed E-state index contributed by atoms with van der Waals surface area (Å²) >= 11 is 0. The van der Waals surface area contributed by atoms with Gasteiger partial charge in [0, 0.05) is 13.0 Å². The van der Waals surface area contributed by atoms with Gasteiger partial charge in [-0.2, -0.15) is 0 Å². The Labute approximate surface area is 120 Å². The van der Waals surface area contributed by atoms with Crippen molar-refractivity contribution in [2.24, 2.45) is 0 Å². The van der Waals surface area contributed by atoms with E-state index in [9.17, 15) is 19.8 Å². The highest BCUT2D eigenvalue weighted by Gasteiger charge is 2.40. The Morgan fingerprint density at radius 3 is 2.76 bits per heavy atom. The number of β-amino-alcohol motifs (C(OH)–C–C–N with tert-alkyl or cyclic N) is 1. The summed E-state index contributed by atoms with van der Waals surface area (Å²) in [6, 6.07) is 3.90. The molecule has 0 saturated carbocycles. The molecule has 2 N–H and O–H groups in total. The van der Waals surface area contributed by atoms with Crippen LogP contribution in [0.3, 0.4) is 0 Å². The van der Waals surface area contributed by atoms with Gasteiger partial charge in [-0.05, 0) is 12.1 Å². The smallest absolute Gasteiger partial charge is 0.326 e. The van der Waals surface area contributed by atoms with E-state index in [-0.39, 0.29) is 18.5 Å². The molecule has 0 bridgehead atoms. The number of aliphatic hydroxyl groups is 1. The summed E-state index contributed by atoms with van der Waals surface area (Å²) in [4.78, 5) is 25.0. The number of para-hydroxylation sites is 1. The SMILES string of the molecule is O=C(O)C1CC(O)CN1C(=O)c1cccc2c1OCCO2. The molecular formula is C14H15NO6. The molecule has 1 fully saturated rings. The van der Waals surface area contributed by atoms with Gasteiger partial charge in [-0.25, -0.2) is 4.79 Å². The van der Waals surface area contributed by atoms with Crippen LogP contribution < -0.4 is 9.47 Å². The number of aliphatic carboxylic acids is 1. The zero-order valence-electron chi connectivity index (χ0n) is 11.2. The van der Waals surface area contributed by atoms with E-state index in [0.717, 1.165) is 0 Å². The fourth-order valence-electron chi connectivity index (χ4n) is 2.67. The number of benzene rings is 1. The molecule has 1 amide bonds. The minimum absolute atomic E-state index is 0.000322. The van der Waals surface area contributed by atoms with Crippen LogP contribution in [0.2, 0.25) is 0 Å². The van der Waals surface area contributed by atoms with E-state index >= 15 is 0 Å². The maximum atomic E-state index is 12.6. The number of likely N-dealkylation sites (tertiary alicyclic amines) is 1. The van der Waals surface area contributed by atoms with Crippen LogP contribution in [-0.2, 0) is 4.79 Å². The van der Waals surface area contributed by atoms with Gasteiger partial charge in [-0.3, -0.25) is 4.79 Å². The van der Waals surface area contributed by atoms with Crippen LogP contribution in [0.25, 0.3) is 0 Å². The lowest BCUT2D eigenvalue weighted by Gasteiger charge is -2.25. The molecule has 3 rings (SSSR count). The van der Waals surface area contributed by atoms with E-state index in [1.807, 2.05) is 0 Å². The molecule has 0 radical (unpaired) electrons. The van der Waals surface area contributed by atoms with Gasteiger partial charge in [0.2, 0.25) is 0 Å². The first-order valence-corrected chi connectivity index (χ1v) is 6.68. The number of amides is 1. The van der Waals surface area contributed by atoms with Crippen molar-refractivity contribution in [3.05, 3.63) is 23.8 Å². The highest BCUT2D eigenvalue weighted by atomic mass is 16.6. The molecule has 7 heteroatoms. The third-order valence-electron chi connectivity index (χ3n) is 3.62. The molecule has 2 atom stereocenters. The Kier molecular flexibility index (Phi) is 3.42. The maximum Gasteiger partial charge on any atom is 0.326 e. The van der Waals surface area contributed by atoms with Crippen molar-refractivity contribution in [2.75, 3.05) is 19.8 Å². The average Bonchev–Trinajstić information content (AvgIpc) is 2.88. The Hall–Kier alpha value is -2.28. The number of nitrogens with zero attached hydrogens (tertiary/aromatic N) is 1. The second-order valence-corrected chi connectivity index (χ2v) is 5.03. The lowest BCUT2D eigenvalue weighted by atomic mass is 10.1. The Balaban J connectivity index is 1.93. The first-order chi connectivity index (χ1) is 10.1. The van der Waals surface area contributed by atoms with Crippen LogP contribution in [0.15, 0.2) is 18.2 Å². The number of carboxylic acids is 1. The minimum atomic E-state index is -1.12. The lowest BCUT2D eigenvalue weighted by Crippen LogP contribution is -2.40. The Morgan fingerprint density at radius 1 is 1.24 bits per heavy atom. The molecule has 112 valence electrons. The lowest BCUT2D eigenvalue weighted by molar-refractivity contribution is -0.141. The fourth-order valence-corrected chi connectivity index (χ4v) is 2.67. The standard InChI is InChI=1S/C14H15NO6/c16-8-6-10(14(18)19)15(7-8)13(17)9-2-1-3-11-12(9)21-5-4-20-11/h1-3,8,10,16H,4-7H2,(H,18,19). The van der Waals surface area contributed by atoms with Crippen molar-refractivity contribution in [1.29, 1.82) is 0 Å². The predicted octanol–water partition coefficient (Wildman–Crippen LogP) is 0.118. The average molecular weight is 293 g/mol. The van der Waals surface area contributed by atoms with E-state index in [0.29, 0.717) is 24.7 Å². The summed E-state index contributed by atoms with van der Waals surface area (Å²) in [5.74, 6) is -0.791. The third-order valence-corrected chi connectivity index (χ3v) is 3.62. The van der Waals surface area contributed by atoms with Gasteiger partial charge >= 0.3 is 5.97 Å². The third kappa shape index (κ3) is 2.40. The summed E-state index contributed by atoms with van der Waals surface area (Å²) in [6.45, 7) is 0.743. The zero-order chi connectivity index (χ0) is 15.0. The number of carboxylic acid groups (broad SMARTS) is 1. The molecule has 2 heterocycles. The molecule has 2 aliphatic rings. The first-order valence-electron chi connectivity index (χ1n) is 6.68. The summed E-state index contributed by atoms with van der Waals surface area (Å²) in [6.07, 6.45) is -0.792. The van der Waals surface area contributed by atoms with Gasteiger partial charge in [0.05, 0.1) is 11.7 Å². The zero-order valence-corrected chi connectivity index (χ0v) is 11.2. The molecule has 2 unspecified atom stereocenters. The van der Waals surface area contributed by atoms with E-state index in [1.54, 1.807) is 18.2 Å². The molecular weight excluding hydrogens is 278 g/mol. The number of aliphatic hydroxyl groups excluding tert-OH is 1. The molecule has 2 aliphatic heterocycles. The molecule has 7 nitrogen and oxygen atoms in total. The van der Waals surface area contributed by atoms with Gasteiger partial charge in [-0.1, -0.05) is 6.07 Å². The van der Waals surface area contributed by atoms with Gasteiger partial charge in [0.15, 0.2) is 11.5 Å². The van der Waals surface area contributed by atoms with E-state index in [1.165, 1.54) is 4.90 Å². The summed E-state index contributed by atoms with van der Waals surface area (Å²) in [5, 5.41) is 18.8. The fraction of sp³-hybridized carbons (Fsp3) is 0.429. The van der Waals surface area contributed by atoms with Gasteiger partial charge < -0.3 is 24.6 Å². The normalized spacial score (nSPS) is 24.0. The second-order valence-electron chi connectivity index (χ2n) is 5.03. The largest absolute Gasteiger partial charge is 0.486 e. The molecule has 21 heavy (non-hydrogen) atoms. The number of rotatable bonds is 2. The number of hydrogen-bond acceptors (Lipinski definition) is 5. The number of carbonyl (C=O) groups excluding carboxylic acids is 1. The van der Waals surface area contributed by atoms with Crippen molar-refractivity contribution in [2.45, 2.75) is 18.6 Å². The number of fused-ring (bicyclic) bond motifs is 1. The first kappa shape index (κ1) is 13.7. The summed E-state index contributed by atoms with van der Waals surface area (Å²) < 4.78 is 10.9. The molecule has 0 spiro atoms. The monoisotopic (exact) mass is 293 g/mol. The number of ether oxygens (including phenoxy) is 2. The minimum Gasteiger partial charge on any atom is -0.486 e. The van der Waals surface area contributed by atoms with Crippen molar-refractivity contribution >= 4 is 11.9 Å². The maximum absolute atomic E-state index is 12.6. The van der Waals surface area contributed by atoms with E-state index < -0.39 is 24.0 Å². The van der Waals surface area contributed by atoms with Crippen LogP contribution in [-0.4, -0.2) is 58.9 Å². The van der Waals surface area contributed by atoms with Crippen LogP contribution >= 0.6 is 0 Å². The van der Waals surface area contributed by atoms with Crippen LogP contribution in [0.1, 0.15) is 16.8 Å². The van der Waals surface area contributed by atoms with Gasteiger partial charge in [-0.15, -0.1) is 0 Å². The van der Waals surface area contributed by atoms with Crippen molar-refractivity contribution in [3.63, 3.8) is 0 Å². The van der Waals surface area contributed by atoms with Crippen LogP contribution in [0.5, 0.6) is 11.5 Å². The molecule has 1 saturated heterocycles. The Morgan fingerprint density at radius 2 is 2.00 bits per heavy atom.